The van der Waals surface area contributed by atoms with Gasteiger partial charge in [-0.3, -0.25) is 0 Å². The molecule has 0 N–H and O–H groups in total. The molecule has 1 rings (SSSR count). The Balaban J connectivity index is 2.82. The number of terminal acetylenes is 1. The van der Waals surface area contributed by atoms with E-state index in [0.717, 1.165) is 0 Å². The summed E-state index contributed by atoms with van der Waals surface area (Å²) < 4.78 is 37.5. The summed E-state index contributed by atoms with van der Waals surface area (Å²) in [6.07, 6.45) is 5.22. The highest BCUT2D eigenvalue weighted by Crippen LogP contribution is 2.27. The monoisotopic (exact) mass is 357 g/mol. The van der Waals surface area contributed by atoms with Gasteiger partial charge < -0.3 is 0 Å². The summed E-state index contributed by atoms with van der Waals surface area (Å²) in [5.41, 5.74) is 0.203. The van der Waals surface area contributed by atoms with E-state index >= 15 is 0 Å². The quantitative estimate of drug-likeness (QED) is 0.735. The highest BCUT2D eigenvalue weighted by Gasteiger charge is 2.20. The Kier molecular flexibility index (Phi) is 6.19. The fourth-order valence-corrected chi connectivity index (χ4v) is 3.30. The summed E-state index contributed by atoms with van der Waals surface area (Å²) in [7, 11) is -3.31. The largest absolute Gasteiger partial charge is 0.229 e. The van der Waals surface area contributed by atoms with Gasteiger partial charge in [-0.2, -0.15) is 5.26 Å². The molecule has 3 nitrogen and oxygen atoms in total. The van der Waals surface area contributed by atoms with Gasteiger partial charge in [-0.15, -0.1) is 12.3 Å². The van der Waals surface area contributed by atoms with Crippen molar-refractivity contribution in [2.75, 3.05) is 11.5 Å². The predicted octanol–water partition coefficient (Wildman–Crippen LogP) is 3.02. The molecule has 20 heavy (non-hydrogen) atoms. The van der Waals surface area contributed by atoms with Crippen LogP contribution in [0.15, 0.2) is 22.7 Å². The van der Waals surface area contributed by atoms with Gasteiger partial charge in [-0.25, -0.2) is 12.8 Å². The molecule has 0 bridgehead atoms. The summed E-state index contributed by atoms with van der Waals surface area (Å²) in [5, 5.41) is 9.11. The lowest BCUT2D eigenvalue weighted by molar-refractivity contribution is 0.579. The second-order valence-electron chi connectivity index (χ2n) is 4.22. The summed E-state index contributed by atoms with van der Waals surface area (Å²) in [6.45, 7) is 0. The molecule has 0 radical (unpaired) electrons. The normalized spacial score (nSPS) is 12.4. The molecule has 6 heteroatoms. The Bertz CT molecular complexity index is 659. The van der Waals surface area contributed by atoms with Gasteiger partial charge in [0.05, 0.1) is 28.0 Å². The number of halogens is 2. The zero-order valence-corrected chi connectivity index (χ0v) is 13.0. The average Bonchev–Trinajstić information content (AvgIpc) is 2.41. The summed E-state index contributed by atoms with van der Waals surface area (Å²) in [4.78, 5) is 0. The van der Waals surface area contributed by atoms with E-state index in [0.29, 0.717) is 0 Å². The van der Waals surface area contributed by atoms with Gasteiger partial charge in [0.2, 0.25) is 0 Å². The van der Waals surface area contributed by atoms with Crippen LogP contribution in [0.5, 0.6) is 0 Å². The van der Waals surface area contributed by atoms with E-state index in [1.807, 2.05) is 6.07 Å². The molecule has 0 aromatic heterocycles. The van der Waals surface area contributed by atoms with Crippen molar-refractivity contribution in [2.45, 2.75) is 18.8 Å². The third-order valence-electron chi connectivity index (χ3n) is 2.79. The Morgan fingerprint density at radius 2 is 2.10 bits per heavy atom. The van der Waals surface area contributed by atoms with E-state index in [4.69, 9.17) is 11.7 Å². The first-order valence-electron chi connectivity index (χ1n) is 5.88. The van der Waals surface area contributed by atoms with Crippen molar-refractivity contribution in [3.05, 3.63) is 34.1 Å². The van der Waals surface area contributed by atoms with E-state index in [2.05, 4.69) is 21.9 Å². The fourth-order valence-electron chi connectivity index (χ4n) is 1.69. The van der Waals surface area contributed by atoms with Crippen molar-refractivity contribution in [3.63, 3.8) is 0 Å². The van der Waals surface area contributed by atoms with Gasteiger partial charge in [-0.1, -0.05) is 12.1 Å². The number of rotatable bonds is 6. The van der Waals surface area contributed by atoms with Crippen LogP contribution < -0.4 is 0 Å². The topological polar surface area (TPSA) is 57.9 Å². The van der Waals surface area contributed by atoms with Crippen LogP contribution in [0.3, 0.4) is 0 Å². The van der Waals surface area contributed by atoms with Crippen LogP contribution in [0.25, 0.3) is 0 Å². The van der Waals surface area contributed by atoms with Crippen LogP contribution in [0.1, 0.15) is 24.3 Å². The number of nitrogens with zero attached hydrogens (tertiary/aromatic N) is 1. The Hall–Kier alpha value is -1.37. The van der Waals surface area contributed by atoms with Crippen molar-refractivity contribution >= 4 is 25.8 Å². The Morgan fingerprint density at radius 1 is 1.40 bits per heavy atom. The number of benzene rings is 1. The first-order valence-corrected chi connectivity index (χ1v) is 8.50. The van der Waals surface area contributed by atoms with Gasteiger partial charge in [0.1, 0.15) is 5.82 Å². The molecule has 1 aromatic carbocycles. The van der Waals surface area contributed by atoms with Gasteiger partial charge in [0, 0.05) is 12.0 Å². The molecular formula is C14H13BrFNO2S. The molecule has 0 aliphatic heterocycles. The first kappa shape index (κ1) is 16.7. The van der Waals surface area contributed by atoms with Crippen molar-refractivity contribution in [2.24, 2.45) is 0 Å². The number of sulfone groups is 1. The summed E-state index contributed by atoms with van der Waals surface area (Å²) in [5.74, 6) is 0.647. The van der Waals surface area contributed by atoms with Crippen molar-refractivity contribution in [1.29, 1.82) is 5.26 Å². The van der Waals surface area contributed by atoms with Gasteiger partial charge in [-0.05, 0) is 28.4 Å². The lowest BCUT2D eigenvalue weighted by Crippen LogP contribution is -2.14. The fraction of sp³-hybridized carbons (Fsp3) is 0.357. The minimum absolute atomic E-state index is 0.0524. The molecule has 106 valence electrons. The van der Waals surface area contributed by atoms with Crippen molar-refractivity contribution in [1.82, 2.24) is 0 Å². The molecule has 1 atom stereocenters. The molecule has 0 spiro atoms. The lowest BCUT2D eigenvalue weighted by Gasteiger charge is -2.11. The molecule has 0 saturated carbocycles. The van der Waals surface area contributed by atoms with Crippen LogP contribution >= 0.6 is 15.9 Å². The number of hydrogen-bond acceptors (Lipinski definition) is 3. The van der Waals surface area contributed by atoms with Gasteiger partial charge >= 0.3 is 0 Å². The molecule has 0 heterocycles. The Labute approximate surface area is 126 Å². The average molecular weight is 358 g/mol. The molecule has 0 fully saturated rings. The predicted molar refractivity (Wildman–Crippen MR) is 79.2 cm³/mol. The molecule has 1 aromatic rings. The zero-order valence-electron chi connectivity index (χ0n) is 10.6. The maximum Gasteiger partial charge on any atom is 0.151 e. The van der Waals surface area contributed by atoms with E-state index in [-0.39, 0.29) is 34.4 Å². The Morgan fingerprint density at radius 3 is 2.70 bits per heavy atom. The number of nitriles is 1. The molecule has 0 saturated heterocycles. The second kappa shape index (κ2) is 7.42. The lowest BCUT2D eigenvalue weighted by atomic mass is 9.98. The smallest absolute Gasteiger partial charge is 0.151 e. The highest BCUT2D eigenvalue weighted by atomic mass is 79.9. The van der Waals surface area contributed by atoms with Crippen LogP contribution in [0.4, 0.5) is 4.39 Å². The molecular weight excluding hydrogens is 345 g/mol. The maximum absolute atomic E-state index is 13.9. The van der Waals surface area contributed by atoms with Gasteiger partial charge in [0.15, 0.2) is 9.84 Å². The highest BCUT2D eigenvalue weighted by molar-refractivity contribution is 9.10. The van der Waals surface area contributed by atoms with Crippen LogP contribution in [0.2, 0.25) is 0 Å². The summed E-state index contributed by atoms with van der Waals surface area (Å²) >= 11 is 3.04. The standard InChI is InChI=1S/C14H13BrFNO2S/c1-2-3-8-20(18,19)9-7-11(10-17)12-5-4-6-13(15)14(12)16/h1,4-6,11H,3,7-9H2. The van der Waals surface area contributed by atoms with Crippen LogP contribution in [0, 0.1) is 29.5 Å². The third-order valence-corrected chi connectivity index (χ3v) is 5.08. The van der Waals surface area contributed by atoms with E-state index < -0.39 is 21.6 Å². The second-order valence-corrected chi connectivity index (χ2v) is 7.38. The molecule has 0 amide bonds. The molecule has 0 aliphatic rings. The maximum atomic E-state index is 13.9. The van der Waals surface area contributed by atoms with E-state index in [1.54, 1.807) is 6.07 Å². The van der Waals surface area contributed by atoms with E-state index in [9.17, 15) is 12.8 Å². The SMILES string of the molecule is C#CCCS(=O)(=O)CCC(C#N)c1cccc(Br)c1F. The van der Waals surface area contributed by atoms with Crippen LogP contribution in [-0.2, 0) is 9.84 Å². The number of hydrogen-bond donors (Lipinski definition) is 0. The first-order chi connectivity index (χ1) is 9.41. The molecule has 0 aliphatic carbocycles. The molecule has 1 unspecified atom stereocenters. The van der Waals surface area contributed by atoms with Crippen LogP contribution in [-0.4, -0.2) is 19.9 Å². The van der Waals surface area contributed by atoms with Crippen molar-refractivity contribution in [3.8, 4) is 18.4 Å². The van der Waals surface area contributed by atoms with E-state index in [1.165, 1.54) is 12.1 Å². The third kappa shape index (κ3) is 4.63. The van der Waals surface area contributed by atoms with Gasteiger partial charge in [0.25, 0.3) is 0 Å². The van der Waals surface area contributed by atoms with Crippen molar-refractivity contribution < 1.29 is 12.8 Å². The minimum atomic E-state index is -3.31. The minimum Gasteiger partial charge on any atom is -0.229 e. The summed E-state index contributed by atoms with van der Waals surface area (Å²) in [6, 6.07) is 6.57. The zero-order chi connectivity index (χ0) is 15.2.